The van der Waals surface area contributed by atoms with Crippen LogP contribution >= 0.6 is 0 Å². The number of aryl methyl sites for hydroxylation is 2. The largest absolute Gasteiger partial charge is 0.375 e. The lowest BCUT2D eigenvalue weighted by molar-refractivity contribution is -0.384. The number of hydrogen-bond donors (Lipinski definition) is 1. The van der Waals surface area contributed by atoms with Gasteiger partial charge in [0.25, 0.3) is 0 Å². The lowest BCUT2D eigenvalue weighted by Crippen LogP contribution is -2.04. The average molecular weight is 324 g/mol. The normalized spacial score (nSPS) is 10.6. The molecule has 0 saturated heterocycles. The molecule has 0 amide bonds. The van der Waals surface area contributed by atoms with Crippen LogP contribution in [0.5, 0.6) is 0 Å². The van der Waals surface area contributed by atoms with Crippen LogP contribution < -0.4 is 5.32 Å². The fourth-order valence-corrected chi connectivity index (χ4v) is 2.51. The number of benzene rings is 1. The Balaban J connectivity index is 1.96. The molecule has 0 bridgehead atoms. The van der Waals surface area contributed by atoms with E-state index >= 15 is 0 Å². The molecule has 2 heterocycles. The molecule has 0 unspecified atom stereocenters. The van der Waals surface area contributed by atoms with E-state index in [0.717, 1.165) is 11.1 Å². The lowest BCUT2D eigenvalue weighted by Gasteiger charge is -2.09. The third-order valence-electron chi connectivity index (χ3n) is 3.69. The third kappa shape index (κ3) is 3.10. The molecular formula is C17H16N4O3. The summed E-state index contributed by atoms with van der Waals surface area (Å²) >= 11 is 0. The molecule has 0 aliphatic heterocycles. The van der Waals surface area contributed by atoms with Crippen LogP contribution in [-0.2, 0) is 6.54 Å². The second kappa shape index (κ2) is 6.49. The number of pyridine rings is 1. The zero-order valence-electron chi connectivity index (χ0n) is 13.3. The lowest BCUT2D eigenvalue weighted by atomic mass is 10.1. The van der Waals surface area contributed by atoms with Gasteiger partial charge < -0.3 is 9.84 Å². The van der Waals surface area contributed by atoms with E-state index in [2.05, 4.69) is 15.5 Å². The standard InChI is InChI=1S/C17H16N4O3/c1-11-17(12(2)24-20-11)15-8-14(16(10-19-15)21(22)23)18-9-13-6-4-3-5-7-13/h3-8,10H,9H2,1-2H3,(H,18,19). The van der Waals surface area contributed by atoms with Crippen LogP contribution in [0.2, 0.25) is 0 Å². The fraction of sp³-hybridized carbons (Fsp3) is 0.176. The molecule has 122 valence electrons. The Bertz CT molecular complexity index is 855. The van der Waals surface area contributed by atoms with E-state index < -0.39 is 4.92 Å². The minimum atomic E-state index is -0.447. The van der Waals surface area contributed by atoms with Gasteiger partial charge in [-0.05, 0) is 25.5 Å². The van der Waals surface area contributed by atoms with Crippen molar-refractivity contribution in [2.75, 3.05) is 5.32 Å². The number of nitrogens with one attached hydrogen (secondary N) is 1. The Morgan fingerprint density at radius 2 is 2.00 bits per heavy atom. The van der Waals surface area contributed by atoms with Crippen molar-refractivity contribution in [3.05, 3.63) is 69.7 Å². The van der Waals surface area contributed by atoms with E-state index in [0.29, 0.717) is 29.4 Å². The van der Waals surface area contributed by atoms with Gasteiger partial charge in [0.15, 0.2) is 0 Å². The number of hydrogen-bond acceptors (Lipinski definition) is 6. The van der Waals surface area contributed by atoms with Crippen molar-refractivity contribution < 1.29 is 9.45 Å². The monoisotopic (exact) mass is 324 g/mol. The number of nitrogens with zero attached hydrogens (tertiary/aromatic N) is 3. The van der Waals surface area contributed by atoms with Crippen molar-refractivity contribution in [3.63, 3.8) is 0 Å². The predicted molar refractivity (Wildman–Crippen MR) is 89.6 cm³/mol. The third-order valence-corrected chi connectivity index (χ3v) is 3.69. The zero-order chi connectivity index (χ0) is 17.1. The van der Waals surface area contributed by atoms with Gasteiger partial charge >= 0.3 is 5.69 Å². The second-order valence-electron chi connectivity index (χ2n) is 5.38. The van der Waals surface area contributed by atoms with Gasteiger partial charge in [0.2, 0.25) is 0 Å². The summed E-state index contributed by atoms with van der Waals surface area (Å²) in [5.41, 5.74) is 3.42. The van der Waals surface area contributed by atoms with Crippen molar-refractivity contribution >= 4 is 11.4 Å². The van der Waals surface area contributed by atoms with Crippen LogP contribution in [0.1, 0.15) is 17.0 Å². The molecule has 0 fully saturated rings. The first kappa shape index (κ1) is 15.7. The topological polar surface area (TPSA) is 94.1 Å². The molecule has 0 atom stereocenters. The van der Waals surface area contributed by atoms with Crippen LogP contribution in [0.25, 0.3) is 11.3 Å². The molecular weight excluding hydrogens is 308 g/mol. The summed E-state index contributed by atoms with van der Waals surface area (Å²) in [6, 6.07) is 11.3. The van der Waals surface area contributed by atoms with Gasteiger partial charge in [-0.15, -0.1) is 0 Å². The summed E-state index contributed by atoms with van der Waals surface area (Å²) in [7, 11) is 0. The van der Waals surface area contributed by atoms with Crippen molar-refractivity contribution in [1.82, 2.24) is 10.1 Å². The Labute approximate surface area is 138 Å². The average Bonchev–Trinajstić information content (AvgIpc) is 2.92. The van der Waals surface area contributed by atoms with Crippen LogP contribution in [-0.4, -0.2) is 15.1 Å². The van der Waals surface area contributed by atoms with Gasteiger partial charge in [-0.2, -0.15) is 0 Å². The maximum Gasteiger partial charge on any atom is 0.310 e. The summed E-state index contributed by atoms with van der Waals surface area (Å²) in [5.74, 6) is 0.628. The zero-order valence-corrected chi connectivity index (χ0v) is 13.3. The summed E-state index contributed by atoms with van der Waals surface area (Å²) in [5, 5.41) is 18.3. The second-order valence-corrected chi connectivity index (χ2v) is 5.38. The first-order valence-electron chi connectivity index (χ1n) is 7.41. The van der Waals surface area contributed by atoms with Crippen LogP contribution in [0.15, 0.2) is 47.1 Å². The molecule has 1 aromatic carbocycles. The first-order chi connectivity index (χ1) is 11.6. The molecule has 1 N–H and O–H groups in total. The predicted octanol–water partition coefficient (Wildman–Crippen LogP) is 3.87. The maximum atomic E-state index is 11.3. The van der Waals surface area contributed by atoms with Crippen molar-refractivity contribution in [2.45, 2.75) is 20.4 Å². The molecule has 3 rings (SSSR count). The number of anilines is 1. The van der Waals surface area contributed by atoms with Gasteiger partial charge in [-0.25, -0.2) is 4.98 Å². The Morgan fingerprint density at radius 3 is 2.62 bits per heavy atom. The van der Waals surface area contributed by atoms with E-state index in [1.807, 2.05) is 37.3 Å². The van der Waals surface area contributed by atoms with Crippen molar-refractivity contribution in [2.24, 2.45) is 0 Å². The molecule has 7 nitrogen and oxygen atoms in total. The van der Waals surface area contributed by atoms with E-state index in [1.165, 1.54) is 6.20 Å². The summed E-state index contributed by atoms with van der Waals surface area (Å²) in [4.78, 5) is 15.0. The van der Waals surface area contributed by atoms with Crippen molar-refractivity contribution in [1.29, 1.82) is 0 Å². The van der Waals surface area contributed by atoms with E-state index in [-0.39, 0.29) is 5.69 Å². The molecule has 0 saturated carbocycles. The quantitative estimate of drug-likeness (QED) is 0.565. The van der Waals surface area contributed by atoms with E-state index in [4.69, 9.17) is 4.52 Å². The van der Waals surface area contributed by atoms with Gasteiger partial charge in [-0.1, -0.05) is 35.5 Å². The first-order valence-corrected chi connectivity index (χ1v) is 7.41. The minimum absolute atomic E-state index is 0.0681. The highest BCUT2D eigenvalue weighted by atomic mass is 16.6. The molecule has 0 spiro atoms. The number of nitro groups is 1. The smallest absolute Gasteiger partial charge is 0.310 e. The van der Waals surface area contributed by atoms with Crippen LogP contribution in [0.3, 0.4) is 0 Å². The van der Waals surface area contributed by atoms with Crippen LogP contribution in [0.4, 0.5) is 11.4 Å². The SMILES string of the molecule is Cc1noc(C)c1-c1cc(NCc2ccccc2)c([N+](=O)[O-])cn1. The molecule has 3 aromatic rings. The highest BCUT2D eigenvalue weighted by Crippen LogP contribution is 2.31. The molecule has 7 heteroatoms. The fourth-order valence-electron chi connectivity index (χ4n) is 2.51. The molecule has 0 aliphatic rings. The summed E-state index contributed by atoms with van der Waals surface area (Å²) < 4.78 is 5.15. The molecule has 0 aliphatic carbocycles. The summed E-state index contributed by atoms with van der Waals surface area (Å²) in [6.07, 6.45) is 1.26. The highest BCUT2D eigenvalue weighted by Gasteiger charge is 2.19. The minimum Gasteiger partial charge on any atom is -0.375 e. The van der Waals surface area contributed by atoms with Gasteiger partial charge in [0.05, 0.1) is 21.9 Å². The Hall–Kier alpha value is -3.22. The number of aromatic nitrogens is 2. The van der Waals surface area contributed by atoms with Gasteiger partial charge in [0, 0.05) is 6.54 Å². The van der Waals surface area contributed by atoms with Crippen LogP contribution in [0, 0.1) is 24.0 Å². The highest BCUT2D eigenvalue weighted by molar-refractivity contribution is 5.72. The molecule has 0 radical (unpaired) electrons. The van der Waals surface area contributed by atoms with Crippen molar-refractivity contribution in [3.8, 4) is 11.3 Å². The van der Waals surface area contributed by atoms with E-state index in [9.17, 15) is 10.1 Å². The van der Waals surface area contributed by atoms with E-state index in [1.54, 1.807) is 13.0 Å². The number of rotatable bonds is 5. The Kier molecular flexibility index (Phi) is 4.24. The Morgan fingerprint density at radius 1 is 1.25 bits per heavy atom. The molecule has 2 aromatic heterocycles. The molecule has 24 heavy (non-hydrogen) atoms. The van der Waals surface area contributed by atoms with Gasteiger partial charge in [0.1, 0.15) is 17.6 Å². The van der Waals surface area contributed by atoms with Gasteiger partial charge in [-0.3, -0.25) is 10.1 Å². The maximum absolute atomic E-state index is 11.3. The summed E-state index contributed by atoms with van der Waals surface area (Å²) in [6.45, 7) is 4.08.